The molecular formula is C17H21N3O3. The fourth-order valence-corrected chi connectivity index (χ4v) is 2.94. The number of para-hydroxylation sites is 1. The van der Waals surface area contributed by atoms with E-state index in [4.69, 9.17) is 4.42 Å². The highest BCUT2D eigenvalue weighted by molar-refractivity contribution is 5.93. The molecule has 0 atom stereocenters. The van der Waals surface area contributed by atoms with Crippen molar-refractivity contribution in [3.63, 3.8) is 0 Å². The number of aromatic nitrogens is 2. The van der Waals surface area contributed by atoms with Crippen LogP contribution in [0.3, 0.4) is 0 Å². The second-order valence-electron chi connectivity index (χ2n) is 6.03. The van der Waals surface area contributed by atoms with Gasteiger partial charge in [-0.3, -0.25) is 4.79 Å². The summed E-state index contributed by atoms with van der Waals surface area (Å²) in [5, 5.41) is 20.7. The van der Waals surface area contributed by atoms with Crippen LogP contribution in [0.25, 0.3) is 0 Å². The van der Waals surface area contributed by atoms with Crippen LogP contribution in [-0.2, 0) is 11.2 Å². The lowest BCUT2D eigenvalue weighted by Crippen LogP contribution is -2.13. The molecule has 1 aliphatic rings. The number of carbonyl (C=O) groups excluding carboxylic acids is 1. The number of nitrogens with zero attached hydrogens (tertiary/aromatic N) is 2. The van der Waals surface area contributed by atoms with Crippen LogP contribution in [0.2, 0.25) is 0 Å². The lowest BCUT2D eigenvalue weighted by molar-refractivity contribution is -0.116. The molecule has 0 spiro atoms. The Morgan fingerprint density at radius 3 is 2.87 bits per heavy atom. The van der Waals surface area contributed by atoms with Crippen molar-refractivity contribution in [3.05, 3.63) is 35.5 Å². The number of nitrogens with one attached hydrogen (secondary N) is 1. The quantitative estimate of drug-likeness (QED) is 0.826. The van der Waals surface area contributed by atoms with Crippen molar-refractivity contribution < 1.29 is 14.3 Å². The van der Waals surface area contributed by atoms with E-state index in [1.807, 2.05) is 13.0 Å². The molecule has 1 aliphatic carbocycles. The smallest absolute Gasteiger partial charge is 0.224 e. The lowest BCUT2D eigenvalue weighted by atomic mass is 10.1. The second kappa shape index (κ2) is 6.81. The number of hydrogen-bond donors (Lipinski definition) is 2. The van der Waals surface area contributed by atoms with Crippen molar-refractivity contribution in [2.45, 2.75) is 51.4 Å². The molecule has 0 unspecified atom stereocenters. The van der Waals surface area contributed by atoms with Crippen LogP contribution in [0.15, 0.2) is 22.6 Å². The van der Waals surface area contributed by atoms with Gasteiger partial charge in [-0.25, -0.2) is 0 Å². The normalized spacial score (nSPS) is 15.0. The van der Waals surface area contributed by atoms with Crippen LogP contribution < -0.4 is 5.32 Å². The van der Waals surface area contributed by atoms with E-state index in [0.717, 1.165) is 18.4 Å². The predicted octanol–water partition coefficient (Wildman–Crippen LogP) is 3.31. The number of aryl methyl sites for hydroxylation is 2. The van der Waals surface area contributed by atoms with E-state index >= 15 is 0 Å². The SMILES string of the molecule is Cc1cccc(O)c1NC(=O)CCc1nnc(C2CCCC2)o1. The summed E-state index contributed by atoms with van der Waals surface area (Å²) in [4.78, 5) is 12.0. The van der Waals surface area contributed by atoms with E-state index in [1.165, 1.54) is 12.8 Å². The summed E-state index contributed by atoms with van der Waals surface area (Å²) in [6, 6.07) is 5.12. The van der Waals surface area contributed by atoms with Crippen LogP contribution in [0, 0.1) is 6.92 Å². The van der Waals surface area contributed by atoms with Gasteiger partial charge in [-0.1, -0.05) is 25.0 Å². The summed E-state index contributed by atoms with van der Waals surface area (Å²) in [7, 11) is 0. The number of aromatic hydroxyl groups is 1. The van der Waals surface area contributed by atoms with Gasteiger partial charge in [0.15, 0.2) is 0 Å². The molecule has 1 aromatic carbocycles. The maximum atomic E-state index is 12.0. The molecule has 6 heteroatoms. The monoisotopic (exact) mass is 315 g/mol. The first-order chi connectivity index (χ1) is 11.1. The van der Waals surface area contributed by atoms with Crippen LogP contribution in [0.1, 0.15) is 55.4 Å². The van der Waals surface area contributed by atoms with Gasteiger partial charge in [0.2, 0.25) is 17.7 Å². The molecule has 1 amide bonds. The zero-order valence-corrected chi connectivity index (χ0v) is 13.2. The third kappa shape index (κ3) is 3.70. The number of rotatable bonds is 5. The molecule has 1 aromatic heterocycles. The zero-order chi connectivity index (χ0) is 16.2. The van der Waals surface area contributed by atoms with Crippen LogP contribution in [0.5, 0.6) is 5.75 Å². The molecule has 1 saturated carbocycles. The molecule has 2 aromatic rings. The van der Waals surface area contributed by atoms with Crippen LogP contribution in [0.4, 0.5) is 5.69 Å². The maximum Gasteiger partial charge on any atom is 0.224 e. The van der Waals surface area contributed by atoms with Crippen molar-refractivity contribution in [2.24, 2.45) is 0 Å². The van der Waals surface area contributed by atoms with Crippen molar-refractivity contribution in [2.75, 3.05) is 5.32 Å². The van der Waals surface area contributed by atoms with Gasteiger partial charge in [0.05, 0.1) is 5.69 Å². The third-order valence-corrected chi connectivity index (χ3v) is 4.27. The van der Waals surface area contributed by atoms with Gasteiger partial charge in [-0.2, -0.15) is 0 Å². The number of carbonyl (C=O) groups is 1. The predicted molar refractivity (Wildman–Crippen MR) is 85.3 cm³/mol. The standard InChI is InChI=1S/C17H21N3O3/c1-11-5-4-8-13(21)16(11)18-14(22)9-10-15-19-20-17(23-15)12-6-2-3-7-12/h4-5,8,12,21H,2-3,6-7,9-10H2,1H3,(H,18,22). The average molecular weight is 315 g/mol. The van der Waals surface area contributed by atoms with E-state index in [2.05, 4.69) is 15.5 Å². The van der Waals surface area contributed by atoms with E-state index in [-0.39, 0.29) is 18.1 Å². The Morgan fingerprint density at radius 1 is 1.35 bits per heavy atom. The minimum atomic E-state index is -0.185. The Bertz CT molecular complexity index is 670. The molecule has 3 rings (SSSR count). The van der Waals surface area contributed by atoms with E-state index in [9.17, 15) is 9.90 Å². The van der Waals surface area contributed by atoms with Gasteiger partial charge in [0, 0.05) is 18.8 Å². The zero-order valence-electron chi connectivity index (χ0n) is 13.2. The Morgan fingerprint density at radius 2 is 2.13 bits per heavy atom. The van der Waals surface area contributed by atoms with Crippen molar-refractivity contribution in [3.8, 4) is 5.75 Å². The average Bonchev–Trinajstić information content (AvgIpc) is 3.19. The molecular weight excluding hydrogens is 294 g/mol. The molecule has 0 bridgehead atoms. The van der Waals surface area contributed by atoms with Gasteiger partial charge in [0.25, 0.3) is 0 Å². The molecule has 122 valence electrons. The van der Waals surface area contributed by atoms with Crippen molar-refractivity contribution in [1.82, 2.24) is 10.2 Å². The molecule has 1 fully saturated rings. The van der Waals surface area contributed by atoms with Gasteiger partial charge in [-0.05, 0) is 31.4 Å². The molecule has 23 heavy (non-hydrogen) atoms. The van der Waals surface area contributed by atoms with E-state index < -0.39 is 0 Å². The summed E-state index contributed by atoms with van der Waals surface area (Å²) >= 11 is 0. The Balaban J connectivity index is 1.55. The molecule has 0 saturated heterocycles. The fourth-order valence-electron chi connectivity index (χ4n) is 2.94. The number of phenols is 1. The maximum absolute atomic E-state index is 12.0. The van der Waals surface area contributed by atoms with Gasteiger partial charge in [0.1, 0.15) is 5.75 Å². The first kappa shape index (κ1) is 15.5. The highest BCUT2D eigenvalue weighted by Gasteiger charge is 2.22. The second-order valence-corrected chi connectivity index (χ2v) is 6.03. The number of amides is 1. The van der Waals surface area contributed by atoms with Crippen molar-refractivity contribution in [1.29, 1.82) is 0 Å². The molecule has 0 aliphatic heterocycles. The number of anilines is 1. The Kier molecular flexibility index (Phi) is 4.60. The number of benzene rings is 1. The van der Waals surface area contributed by atoms with Gasteiger partial charge < -0.3 is 14.8 Å². The first-order valence-corrected chi connectivity index (χ1v) is 8.04. The van der Waals surface area contributed by atoms with E-state index in [1.54, 1.807) is 12.1 Å². The number of hydrogen-bond acceptors (Lipinski definition) is 5. The van der Waals surface area contributed by atoms with Crippen molar-refractivity contribution >= 4 is 11.6 Å². The van der Waals surface area contributed by atoms with Crippen LogP contribution >= 0.6 is 0 Å². The summed E-state index contributed by atoms with van der Waals surface area (Å²) in [6.45, 7) is 1.83. The minimum absolute atomic E-state index is 0.0691. The first-order valence-electron chi connectivity index (χ1n) is 8.04. The Labute approximate surface area is 134 Å². The topological polar surface area (TPSA) is 88.2 Å². The molecule has 1 heterocycles. The fraction of sp³-hybridized carbons (Fsp3) is 0.471. The van der Waals surface area contributed by atoms with E-state index in [0.29, 0.717) is 29.8 Å². The molecule has 2 N–H and O–H groups in total. The largest absolute Gasteiger partial charge is 0.506 e. The highest BCUT2D eigenvalue weighted by Crippen LogP contribution is 2.33. The summed E-state index contributed by atoms with van der Waals surface area (Å²) < 4.78 is 5.66. The summed E-state index contributed by atoms with van der Waals surface area (Å²) in [5.74, 6) is 1.47. The Hall–Kier alpha value is -2.37. The van der Waals surface area contributed by atoms with Gasteiger partial charge in [-0.15, -0.1) is 10.2 Å². The summed E-state index contributed by atoms with van der Waals surface area (Å²) in [5.41, 5.74) is 1.27. The van der Waals surface area contributed by atoms with Gasteiger partial charge >= 0.3 is 0 Å². The third-order valence-electron chi connectivity index (χ3n) is 4.27. The van der Waals surface area contributed by atoms with Crippen LogP contribution in [-0.4, -0.2) is 21.2 Å². The lowest BCUT2D eigenvalue weighted by Gasteiger charge is -2.09. The molecule has 6 nitrogen and oxygen atoms in total. The number of phenolic OH excluding ortho intramolecular Hbond substituents is 1. The minimum Gasteiger partial charge on any atom is -0.506 e. The molecule has 0 radical (unpaired) electrons. The summed E-state index contributed by atoms with van der Waals surface area (Å²) in [6.07, 6.45) is 5.27. The highest BCUT2D eigenvalue weighted by atomic mass is 16.4.